The van der Waals surface area contributed by atoms with Crippen LogP contribution in [0.1, 0.15) is 11.1 Å². The number of aromatic nitrogens is 1. The zero-order valence-corrected chi connectivity index (χ0v) is 16.0. The zero-order valence-electron chi connectivity index (χ0n) is 15.2. The summed E-state index contributed by atoms with van der Waals surface area (Å²) in [6.45, 7) is 3.38. The quantitative estimate of drug-likeness (QED) is 0.467. The normalized spacial score (nSPS) is 12.1. The monoisotopic (exact) mass is 423 g/mol. The lowest BCUT2D eigenvalue weighted by Gasteiger charge is -2.15. The number of pyridine rings is 1. The van der Waals surface area contributed by atoms with Crippen molar-refractivity contribution in [3.8, 4) is 0 Å². The number of hydrogen-bond donors (Lipinski definition) is 3. The maximum Gasteiger partial charge on any atom is 0.417 e. The van der Waals surface area contributed by atoms with E-state index in [9.17, 15) is 18.0 Å². The number of allylic oxidation sites excluding steroid dienone is 1. The Balaban J connectivity index is 2.46. The number of nitrogens with zero attached hydrogens (tertiary/aromatic N) is 2. The number of amides is 1. The molecule has 29 heavy (non-hydrogen) atoms. The number of carbonyl (C=O) groups excluding carboxylic acids is 1. The molecule has 0 fully saturated rings. The van der Waals surface area contributed by atoms with Crippen LogP contribution in [-0.4, -0.2) is 24.2 Å². The van der Waals surface area contributed by atoms with Gasteiger partial charge in [0.25, 0.3) is 0 Å². The van der Waals surface area contributed by atoms with Crippen LogP contribution in [0, 0.1) is 0 Å². The fourth-order valence-corrected chi connectivity index (χ4v) is 2.43. The fourth-order valence-electron chi connectivity index (χ4n) is 2.22. The maximum atomic E-state index is 12.8. The van der Waals surface area contributed by atoms with Crippen LogP contribution in [0.4, 0.5) is 30.4 Å². The Morgan fingerprint density at radius 2 is 2.07 bits per heavy atom. The van der Waals surface area contributed by atoms with E-state index in [1.165, 1.54) is 12.3 Å². The molecule has 6 nitrogen and oxygen atoms in total. The van der Waals surface area contributed by atoms with Gasteiger partial charge in [0.15, 0.2) is 0 Å². The van der Waals surface area contributed by atoms with Crippen molar-refractivity contribution in [3.05, 3.63) is 65.3 Å². The van der Waals surface area contributed by atoms with Gasteiger partial charge in [0.05, 0.1) is 10.6 Å². The van der Waals surface area contributed by atoms with E-state index in [0.717, 1.165) is 12.1 Å². The van der Waals surface area contributed by atoms with E-state index in [1.54, 1.807) is 25.2 Å². The summed E-state index contributed by atoms with van der Waals surface area (Å²) in [6.07, 6.45) is 0.229. The Hall–Kier alpha value is -3.33. The van der Waals surface area contributed by atoms with Crippen molar-refractivity contribution in [2.75, 3.05) is 17.7 Å². The highest BCUT2D eigenvalue weighted by molar-refractivity contribution is 6.33. The summed E-state index contributed by atoms with van der Waals surface area (Å²) >= 11 is 5.96. The largest absolute Gasteiger partial charge is 0.417 e. The number of aliphatic imine (C=N–C) groups is 1. The lowest BCUT2D eigenvalue weighted by atomic mass is 10.1. The third-order valence-corrected chi connectivity index (χ3v) is 3.90. The van der Waals surface area contributed by atoms with Gasteiger partial charge in [0.1, 0.15) is 5.82 Å². The van der Waals surface area contributed by atoms with Crippen LogP contribution in [0.2, 0.25) is 5.02 Å². The second-order valence-corrected chi connectivity index (χ2v) is 6.07. The molecule has 2 aromatic rings. The van der Waals surface area contributed by atoms with Crippen molar-refractivity contribution in [1.82, 2.24) is 4.98 Å². The summed E-state index contributed by atoms with van der Waals surface area (Å²) in [6, 6.07) is 5.51. The van der Waals surface area contributed by atoms with E-state index in [1.807, 2.05) is 0 Å². The second kappa shape index (κ2) is 9.24. The first-order valence-corrected chi connectivity index (χ1v) is 8.49. The van der Waals surface area contributed by atoms with E-state index < -0.39 is 17.6 Å². The molecule has 0 bridgehead atoms. The summed E-state index contributed by atoms with van der Waals surface area (Å²) < 4.78 is 38.4. The average molecular weight is 424 g/mol. The number of hydrogen-bond acceptors (Lipinski definition) is 5. The minimum atomic E-state index is -4.56. The molecule has 10 heteroatoms. The SMILES string of the molecule is C=CC(=O)Nc1ccc(Nc2ncc(C(F)(F)F)cc2Cl)c(C(N)=CC=NC)c1. The number of nitrogens with two attached hydrogens (primary N) is 1. The van der Waals surface area contributed by atoms with Crippen molar-refractivity contribution in [3.63, 3.8) is 0 Å². The van der Waals surface area contributed by atoms with Gasteiger partial charge in [-0.1, -0.05) is 18.2 Å². The molecule has 152 valence electrons. The van der Waals surface area contributed by atoms with E-state index >= 15 is 0 Å². The third kappa shape index (κ3) is 5.82. The highest BCUT2D eigenvalue weighted by Gasteiger charge is 2.31. The lowest BCUT2D eigenvalue weighted by molar-refractivity contribution is -0.137. The first kappa shape index (κ1) is 22.0. The molecule has 0 unspecified atom stereocenters. The van der Waals surface area contributed by atoms with Crippen molar-refractivity contribution in [2.24, 2.45) is 10.7 Å². The molecule has 1 amide bonds. The van der Waals surface area contributed by atoms with Crippen molar-refractivity contribution in [2.45, 2.75) is 6.18 Å². The maximum absolute atomic E-state index is 12.8. The fraction of sp³-hybridized carbons (Fsp3) is 0.105. The van der Waals surface area contributed by atoms with E-state index in [-0.39, 0.29) is 16.5 Å². The second-order valence-electron chi connectivity index (χ2n) is 5.66. The van der Waals surface area contributed by atoms with Gasteiger partial charge in [-0.15, -0.1) is 0 Å². The van der Waals surface area contributed by atoms with Gasteiger partial charge in [0.2, 0.25) is 5.91 Å². The van der Waals surface area contributed by atoms with Gasteiger partial charge in [-0.3, -0.25) is 9.79 Å². The minimum Gasteiger partial charge on any atom is -0.398 e. The average Bonchev–Trinajstić information content (AvgIpc) is 2.67. The Labute approximate surface area is 170 Å². The molecule has 2 rings (SSSR count). The molecule has 1 aromatic carbocycles. The first-order chi connectivity index (χ1) is 13.7. The molecule has 0 saturated heterocycles. The molecule has 1 aromatic heterocycles. The number of benzene rings is 1. The van der Waals surface area contributed by atoms with Gasteiger partial charge >= 0.3 is 6.18 Å². The summed E-state index contributed by atoms with van der Waals surface area (Å²) in [4.78, 5) is 19.1. The molecule has 0 radical (unpaired) electrons. The Morgan fingerprint density at radius 1 is 1.34 bits per heavy atom. The standard InChI is InChI=1S/C19H17ClF3N5O/c1-3-17(29)27-12-4-5-16(13(9-12)15(24)6-7-25-2)28-18-14(20)8-11(10-26-18)19(21,22)23/h3-10H,1,24H2,2H3,(H,26,28)(H,27,29). The number of rotatable bonds is 6. The van der Waals surface area contributed by atoms with Gasteiger partial charge in [-0.2, -0.15) is 13.2 Å². The van der Waals surface area contributed by atoms with Crippen LogP contribution in [0.5, 0.6) is 0 Å². The van der Waals surface area contributed by atoms with Gasteiger partial charge < -0.3 is 16.4 Å². The van der Waals surface area contributed by atoms with Gasteiger partial charge in [-0.25, -0.2) is 4.98 Å². The molecule has 0 spiro atoms. The molecular weight excluding hydrogens is 407 g/mol. The number of anilines is 3. The molecule has 0 saturated carbocycles. The van der Waals surface area contributed by atoms with E-state index in [2.05, 4.69) is 27.2 Å². The number of halogens is 4. The van der Waals surface area contributed by atoms with Crippen molar-refractivity contribution in [1.29, 1.82) is 0 Å². The lowest BCUT2D eigenvalue weighted by Crippen LogP contribution is -2.10. The van der Waals surface area contributed by atoms with E-state index in [4.69, 9.17) is 17.3 Å². The van der Waals surface area contributed by atoms with Gasteiger partial charge in [-0.05, 0) is 36.4 Å². The highest BCUT2D eigenvalue weighted by Crippen LogP contribution is 2.34. The molecule has 1 heterocycles. The predicted octanol–water partition coefficient (Wildman–Crippen LogP) is 4.62. The molecular formula is C19H17ClF3N5O. The molecule has 0 atom stereocenters. The minimum absolute atomic E-state index is 0.0146. The summed E-state index contributed by atoms with van der Waals surface area (Å²) in [5.74, 6) is -0.400. The van der Waals surface area contributed by atoms with Crippen molar-refractivity contribution >= 4 is 46.6 Å². The van der Waals surface area contributed by atoms with Crippen LogP contribution in [0.3, 0.4) is 0 Å². The van der Waals surface area contributed by atoms with Crippen LogP contribution < -0.4 is 16.4 Å². The highest BCUT2D eigenvalue weighted by atomic mass is 35.5. The molecule has 4 N–H and O–H groups in total. The molecule has 0 aliphatic heterocycles. The number of nitrogens with one attached hydrogen (secondary N) is 2. The smallest absolute Gasteiger partial charge is 0.398 e. The first-order valence-electron chi connectivity index (χ1n) is 8.11. The van der Waals surface area contributed by atoms with Crippen LogP contribution in [0.15, 0.2) is 54.2 Å². The van der Waals surface area contributed by atoms with E-state index in [0.29, 0.717) is 23.1 Å². The Morgan fingerprint density at radius 3 is 2.66 bits per heavy atom. The predicted molar refractivity (Wildman–Crippen MR) is 109 cm³/mol. The number of carbonyl (C=O) groups is 1. The van der Waals surface area contributed by atoms with Crippen LogP contribution in [0.25, 0.3) is 5.70 Å². The third-order valence-electron chi connectivity index (χ3n) is 3.61. The van der Waals surface area contributed by atoms with Crippen molar-refractivity contribution < 1.29 is 18.0 Å². The topological polar surface area (TPSA) is 92.4 Å². The van der Waals surface area contributed by atoms with Crippen LogP contribution in [-0.2, 0) is 11.0 Å². The Bertz CT molecular complexity index is 986. The molecule has 0 aliphatic rings. The number of alkyl halides is 3. The van der Waals surface area contributed by atoms with Crippen LogP contribution >= 0.6 is 11.6 Å². The summed E-state index contributed by atoms with van der Waals surface area (Å²) in [5.41, 5.74) is 6.70. The molecule has 0 aliphatic carbocycles. The summed E-state index contributed by atoms with van der Waals surface area (Å²) in [7, 11) is 1.57. The Kier molecular flexibility index (Phi) is 7.00. The van der Waals surface area contributed by atoms with Gasteiger partial charge in [0, 0.05) is 42.1 Å². The zero-order chi connectivity index (χ0) is 21.6. The summed E-state index contributed by atoms with van der Waals surface area (Å²) in [5, 5.41) is 5.25.